The lowest BCUT2D eigenvalue weighted by Gasteiger charge is -2.10. The van der Waals surface area contributed by atoms with Crippen LogP contribution in [0.1, 0.15) is 24.0 Å². The average molecular weight is 288 g/mol. The van der Waals surface area contributed by atoms with Crippen LogP contribution >= 0.6 is 0 Å². The topological polar surface area (TPSA) is 32.7 Å². The first-order chi connectivity index (χ1) is 9.29. The van der Waals surface area contributed by atoms with Crippen molar-refractivity contribution >= 4 is 12.1 Å². The number of alkyl halides is 3. The first-order valence-corrected chi connectivity index (χ1v) is 5.97. The quantitative estimate of drug-likeness (QED) is 0.478. The van der Waals surface area contributed by atoms with Gasteiger partial charge in [-0.05, 0) is 31.0 Å². The third-order valence-electron chi connectivity index (χ3n) is 2.94. The smallest absolute Gasteiger partial charge is 0.273 e. The number of benzene rings is 1. The van der Waals surface area contributed by atoms with Crippen LogP contribution < -0.4 is 0 Å². The van der Waals surface area contributed by atoms with Crippen LogP contribution in [0.5, 0.6) is 0 Å². The lowest BCUT2D eigenvalue weighted by molar-refractivity contribution is -0.137. The number of hydrazone groups is 1. The maximum atomic E-state index is 13.5. The summed E-state index contributed by atoms with van der Waals surface area (Å²) in [6, 6.07) is 2.16. The molecule has 0 N–H and O–H groups in total. The van der Waals surface area contributed by atoms with Crippen molar-refractivity contribution in [2.75, 3.05) is 7.05 Å². The molecule has 7 heteroatoms. The molecule has 1 aliphatic rings. The van der Waals surface area contributed by atoms with Gasteiger partial charge in [-0.2, -0.15) is 18.3 Å². The Bertz CT molecular complexity index is 550. The van der Waals surface area contributed by atoms with E-state index in [9.17, 15) is 22.4 Å². The van der Waals surface area contributed by atoms with Crippen LogP contribution in [0.4, 0.5) is 17.6 Å². The average Bonchev–Trinajstić information content (AvgIpc) is 3.19. The van der Waals surface area contributed by atoms with E-state index in [1.165, 1.54) is 7.05 Å². The van der Waals surface area contributed by atoms with Gasteiger partial charge in [0.2, 0.25) is 5.91 Å². The van der Waals surface area contributed by atoms with Crippen molar-refractivity contribution in [3.05, 3.63) is 35.1 Å². The molecule has 1 fully saturated rings. The highest BCUT2D eigenvalue weighted by atomic mass is 19.4. The van der Waals surface area contributed by atoms with Gasteiger partial charge < -0.3 is 0 Å². The van der Waals surface area contributed by atoms with E-state index in [1.807, 2.05) is 0 Å². The van der Waals surface area contributed by atoms with Crippen LogP contribution in [0, 0.1) is 11.7 Å². The highest BCUT2D eigenvalue weighted by Gasteiger charge is 2.32. The summed E-state index contributed by atoms with van der Waals surface area (Å²) in [5.41, 5.74) is -1.16. The zero-order valence-electron chi connectivity index (χ0n) is 10.6. The van der Waals surface area contributed by atoms with E-state index in [1.54, 1.807) is 0 Å². The number of nitrogens with zero attached hydrogens (tertiary/aromatic N) is 2. The molecule has 0 heterocycles. The molecule has 108 valence electrons. The van der Waals surface area contributed by atoms with E-state index in [0.29, 0.717) is 6.07 Å². The van der Waals surface area contributed by atoms with Crippen molar-refractivity contribution in [2.24, 2.45) is 11.0 Å². The molecule has 0 atom stereocenters. The second-order valence-electron chi connectivity index (χ2n) is 4.61. The molecule has 0 unspecified atom stereocenters. The lowest BCUT2D eigenvalue weighted by atomic mass is 10.1. The molecule has 0 aromatic heterocycles. The minimum Gasteiger partial charge on any atom is -0.273 e. The highest BCUT2D eigenvalue weighted by Crippen LogP contribution is 2.31. The Kier molecular flexibility index (Phi) is 3.78. The van der Waals surface area contributed by atoms with E-state index < -0.39 is 17.6 Å². The largest absolute Gasteiger partial charge is 0.416 e. The third-order valence-corrected chi connectivity index (χ3v) is 2.94. The number of rotatable bonds is 3. The zero-order valence-corrected chi connectivity index (χ0v) is 10.6. The standard InChI is InChI=1S/C13H12F4N2O/c1-19(12(20)8-2-3-8)18-7-9-4-5-10(6-11(9)14)13(15,16)17/h4-8H,2-3H2,1H3/b18-7+. The van der Waals surface area contributed by atoms with Gasteiger partial charge in [0.15, 0.2) is 0 Å². The number of carbonyl (C=O) groups excluding carboxylic acids is 1. The van der Waals surface area contributed by atoms with Crippen molar-refractivity contribution in [1.29, 1.82) is 0 Å². The summed E-state index contributed by atoms with van der Waals surface area (Å²) in [6.07, 6.45) is -1.92. The Morgan fingerprint density at radius 3 is 2.55 bits per heavy atom. The summed E-state index contributed by atoms with van der Waals surface area (Å²) in [7, 11) is 1.43. The predicted molar refractivity (Wildman–Crippen MR) is 64.5 cm³/mol. The van der Waals surface area contributed by atoms with Crippen LogP contribution in [-0.2, 0) is 11.0 Å². The highest BCUT2D eigenvalue weighted by molar-refractivity contribution is 5.84. The predicted octanol–water partition coefficient (Wildman–Crippen LogP) is 3.05. The van der Waals surface area contributed by atoms with Crippen molar-refractivity contribution < 1.29 is 22.4 Å². The van der Waals surface area contributed by atoms with Gasteiger partial charge in [0.25, 0.3) is 0 Å². The van der Waals surface area contributed by atoms with Crippen LogP contribution in [0.3, 0.4) is 0 Å². The Hall–Kier alpha value is -1.92. The van der Waals surface area contributed by atoms with E-state index in [4.69, 9.17) is 0 Å². The van der Waals surface area contributed by atoms with E-state index in [2.05, 4.69) is 5.10 Å². The molecule has 1 saturated carbocycles. The monoisotopic (exact) mass is 288 g/mol. The first kappa shape index (κ1) is 14.5. The van der Waals surface area contributed by atoms with Gasteiger partial charge in [-0.1, -0.05) is 0 Å². The molecule has 0 radical (unpaired) electrons. The summed E-state index contributed by atoms with van der Waals surface area (Å²) in [4.78, 5) is 11.6. The van der Waals surface area contributed by atoms with Gasteiger partial charge in [-0.3, -0.25) is 4.79 Å². The van der Waals surface area contributed by atoms with Crippen LogP contribution in [0.2, 0.25) is 0 Å². The summed E-state index contributed by atoms with van der Waals surface area (Å²) in [5, 5.41) is 4.82. The molecular formula is C13H12F4N2O. The Labute approximate surface area is 112 Å². The summed E-state index contributed by atoms with van der Waals surface area (Å²) in [6.45, 7) is 0. The normalized spacial score (nSPS) is 15.7. The minimum absolute atomic E-state index is 0.0328. The first-order valence-electron chi connectivity index (χ1n) is 5.97. The molecule has 0 spiro atoms. The van der Waals surface area contributed by atoms with Gasteiger partial charge in [-0.25, -0.2) is 9.40 Å². The summed E-state index contributed by atoms with van der Waals surface area (Å²) >= 11 is 0. The number of hydrogen-bond donors (Lipinski definition) is 0. The van der Waals surface area contributed by atoms with E-state index >= 15 is 0 Å². The molecule has 1 aromatic carbocycles. The van der Waals surface area contributed by atoms with Crippen molar-refractivity contribution in [3.8, 4) is 0 Å². The molecule has 2 rings (SSSR count). The Morgan fingerprint density at radius 1 is 1.40 bits per heavy atom. The van der Waals surface area contributed by atoms with Crippen LogP contribution in [-0.4, -0.2) is 24.2 Å². The number of carbonyl (C=O) groups is 1. The van der Waals surface area contributed by atoms with Gasteiger partial charge in [-0.15, -0.1) is 0 Å². The maximum absolute atomic E-state index is 13.5. The number of hydrogen-bond acceptors (Lipinski definition) is 2. The SMILES string of the molecule is CN(/N=C/c1ccc(C(F)(F)F)cc1F)C(=O)C1CC1. The maximum Gasteiger partial charge on any atom is 0.416 e. The van der Waals surface area contributed by atoms with Gasteiger partial charge in [0.05, 0.1) is 11.8 Å². The lowest BCUT2D eigenvalue weighted by Crippen LogP contribution is -2.22. The van der Waals surface area contributed by atoms with Crippen molar-refractivity contribution in [3.63, 3.8) is 0 Å². The number of halogens is 4. The molecule has 1 aromatic rings. The summed E-state index contributed by atoms with van der Waals surface area (Å²) in [5.74, 6) is -1.24. The fraction of sp³-hybridized carbons (Fsp3) is 0.385. The molecular weight excluding hydrogens is 276 g/mol. The molecule has 3 nitrogen and oxygen atoms in total. The van der Waals surface area contributed by atoms with Crippen molar-refractivity contribution in [2.45, 2.75) is 19.0 Å². The fourth-order valence-corrected chi connectivity index (χ4v) is 1.61. The van der Waals surface area contributed by atoms with Gasteiger partial charge >= 0.3 is 6.18 Å². The fourth-order valence-electron chi connectivity index (χ4n) is 1.61. The van der Waals surface area contributed by atoms with E-state index in [-0.39, 0.29) is 17.4 Å². The Balaban J connectivity index is 2.11. The molecule has 0 aliphatic heterocycles. The van der Waals surface area contributed by atoms with Crippen LogP contribution in [0.25, 0.3) is 0 Å². The molecule has 20 heavy (non-hydrogen) atoms. The Morgan fingerprint density at radius 2 is 2.05 bits per heavy atom. The second kappa shape index (κ2) is 5.22. The third kappa shape index (κ3) is 3.34. The number of amides is 1. The van der Waals surface area contributed by atoms with Gasteiger partial charge in [0, 0.05) is 18.5 Å². The van der Waals surface area contributed by atoms with Gasteiger partial charge in [0.1, 0.15) is 5.82 Å². The molecule has 1 amide bonds. The second-order valence-corrected chi connectivity index (χ2v) is 4.61. The molecule has 1 aliphatic carbocycles. The minimum atomic E-state index is -4.59. The van der Waals surface area contributed by atoms with Crippen LogP contribution in [0.15, 0.2) is 23.3 Å². The molecule has 0 bridgehead atoms. The van der Waals surface area contributed by atoms with E-state index in [0.717, 1.165) is 36.2 Å². The van der Waals surface area contributed by atoms with Crippen molar-refractivity contribution in [1.82, 2.24) is 5.01 Å². The zero-order chi connectivity index (χ0) is 14.9. The molecule has 0 saturated heterocycles. The summed E-state index contributed by atoms with van der Waals surface area (Å²) < 4.78 is 50.6.